The van der Waals surface area contributed by atoms with Crippen LogP contribution in [-0.2, 0) is 19.1 Å². The molecule has 0 unspecified atom stereocenters. The number of unbranched alkanes of at least 4 members (excludes halogenated alkanes) is 3. The first-order valence-corrected chi connectivity index (χ1v) is 24.5. The minimum atomic E-state index is -2.30. The van der Waals surface area contributed by atoms with E-state index in [-0.39, 0.29) is 12.8 Å². The molecule has 0 aliphatic heterocycles. The summed E-state index contributed by atoms with van der Waals surface area (Å²) in [6.07, 6.45) is 12.5. The zero-order chi connectivity index (χ0) is 25.4. The summed E-state index contributed by atoms with van der Waals surface area (Å²) >= 11 is -2.30. The molecule has 4 nitrogen and oxygen atoms in total. The van der Waals surface area contributed by atoms with Crippen LogP contribution in [0.1, 0.15) is 72.1 Å². The predicted molar refractivity (Wildman–Crippen MR) is 146 cm³/mol. The van der Waals surface area contributed by atoms with Gasteiger partial charge in [0.15, 0.2) is 0 Å². The summed E-state index contributed by atoms with van der Waals surface area (Å²) in [5.74, 6) is 2.02. The molecular weight excluding hydrogens is 535 g/mol. The van der Waals surface area contributed by atoms with Crippen molar-refractivity contribution in [3.8, 4) is 11.5 Å². The number of hydrogen-bond acceptors (Lipinski definition) is 4. The second-order valence-corrected chi connectivity index (χ2v) is 29.2. The van der Waals surface area contributed by atoms with Gasteiger partial charge in [0.25, 0.3) is 0 Å². The van der Waals surface area contributed by atoms with Crippen LogP contribution in [0.3, 0.4) is 0 Å². The summed E-state index contributed by atoms with van der Waals surface area (Å²) in [7, 11) is 1.04. The van der Waals surface area contributed by atoms with Crippen molar-refractivity contribution in [1.29, 1.82) is 0 Å². The van der Waals surface area contributed by atoms with Gasteiger partial charge in [0.2, 0.25) is 0 Å². The topological polar surface area (TPSA) is 52.6 Å². The Hall–Kier alpha value is -0.744. The maximum atomic E-state index is 12.8. The molecule has 6 heteroatoms. The first-order valence-electron chi connectivity index (χ1n) is 12.9. The zero-order valence-electron chi connectivity index (χ0n) is 22.8. The van der Waals surface area contributed by atoms with Crippen molar-refractivity contribution in [3.63, 3.8) is 0 Å². The summed E-state index contributed by atoms with van der Waals surface area (Å²) in [5, 5.41) is 0. The molecule has 0 fully saturated rings. The maximum absolute atomic E-state index is 12.8. The van der Waals surface area contributed by atoms with Crippen LogP contribution in [0.2, 0.25) is 37.4 Å². The first-order chi connectivity index (χ1) is 15.6. The quantitative estimate of drug-likeness (QED) is 0.0624. The Labute approximate surface area is 209 Å². The van der Waals surface area contributed by atoms with Gasteiger partial charge in [0.05, 0.1) is 0 Å². The van der Waals surface area contributed by atoms with Crippen LogP contribution in [-0.4, -0.2) is 52.6 Å². The Bertz CT molecular complexity index is 632. The van der Waals surface area contributed by atoms with Gasteiger partial charge in [0.1, 0.15) is 0 Å². The molecule has 0 amide bonds. The van der Waals surface area contributed by atoms with Crippen LogP contribution in [0.25, 0.3) is 0 Å². The Kier molecular flexibility index (Phi) is 16.4. The van der Waals surface area contributed by atoms with Gasteiger partial charge in [0, 0.05) is 0 Å². The molecule has 0 radical (unpaired) electrons. The fraction of sp³-hybridized carbons (Fsp3) is 0.778. The van der Waals surface area contributed by atoms with Gasteiger partial charge in [-0.05, 0) is 0 Å². The van der Waals surface area contributed by atoms with E-state index >= 15 is 0 Å². The molecule has 0 aromatic carbocycles. The zero-order valence-corrected chi connectivity index (χ0v) is 26.6. The van der Waals surface area contributed by atoms with E-state index < -0.39 is 43.8 Å². The minimum absolute atomic E-state index is 0.136. The van der Waals surface area contributed by atoms with E-state index in [4.69, 9.17) is 9.47 Å². The number of esters is 2. The molecule has 33 heavy (non-hydrogen) atoms. The molecule has 0 atom stereocenters. The molecule has 0 saturated heterocycles. The van der Waals surface area contributed by atoms with Gasteiger partial charge >= 0.3 is 210 Å². The molecule has 0 N–H and O–H groups in total. The van der Waals surface area contributed by atoms with Crippen molar-refractivity contribution in [1.82, 2.24) is 0 Å². The first kappa shape index (κ1) is 32.3. The van der Waals surface area contributed by atoms with E-state index in [0.29, 0.717) is 0 Å². The van der Waals surface area contributed by atoms with Crippen LogP contribution in [0, 0.1) is 16.9 Å². The molecule has 0 aromatic rings. The normalized spacial score (nSPS) is 12.4. The Morgan fingerprint density at radius 3 is 1.67 bits per heavy atom. The van der Waals surface area contributed by atoms with E-state index in [9.17, 15) is 9.59 Å². The number of rotatable bonds is 16. The fourth-order valence-electron chi connectivity index (χ4n) is 4.27. The monoisotopic (exact) mass is 586 g/mol. The van der Waals surface area contributed by atoms with Crippen molar-refractivity contribution < 1.29 is 19.1 Å². The van der Waals surface area contributed by atoms with Crippen LogP contribution in [0.4, 0.5) is 0 Å². The third-order valence-electron chi connectivity index (χ3n) is 6.37. The standard InChI is InChI=1S/C15H23O4Si.3C4H9.Sn/c1-7-8-10-15(13(16)18-2,14(17)19-3)11-9-12-20(4,5)6;3*1-3-4-2;/h7-8H,1,10-11H2,2-6H3;3*1,3-4H2,2H3;/b8-7+;;;;. The molecule has 0 saturated carbocycles. The van der Waals surface area contributed by atoms with Crippen molar-refractivity contribution in [3.05, 3.63) is 12.2 Å². The molecule has 0 aromatic heterocycles. The summed E-state index contributed by atoms with van der Waals surface area (Å²) in [6, 6.07) is 0. The number of hydrogen-bond donors (Lipinski definition) is 0. The summed E-state index contributed by atoms with van der Waals surface area (Å²) in [5.41, 5.74) is 1.89. The van der Waals surface area contributed by atoms with Crippen LogP contribution in [0.5, 0.6) is 0 Å². The Morgan fingerprint density at radius 2 is 1.30 bits per heavy atom. The number of carbonyl (C=O) groups is 2. The van der Waals surface area contributed by atoms with E-state index in [1.54, 1.807) is 0 Å². The average molecular weight is 585 g/mol. The van der Waals surface area contributed by atoms with Gasteiger partial charge in [-0.2, -0.15) is 0 Å². The van der Waals surface area contributed by atoms with Gasteiger partial charge < -0.3 is 0 Å². The second kappa shape index (κ2) is 16.8. The fourth-order valence-corrected chi connectivity index (χ4v) is 20.1. The third kappa shape index (κ3) is 12.0. The average Bonchev–Trinajstić information content (AvgIpc) is 2.79. The number of carbonyl (C=O) groups excluding carboxylic acids is 2. The molecule has 0 spiro atoms. The molecule has 0 bridgehead atoms. The van der Waals surface area contributed by atoms with Crippen molar-refractivity contribution in [2.45, 2.75) is 110 Å². The van der Waals surface area contributed by atoms with Crippen molar-refractivity contribution in [2.75, 3.05) is 14.2 Å². The molecule has 0 rings (SSSR count). The van der Waals surface area contributed by atoms with E-state index in [0.717, 1.165) is 0 Å². The van der Waals surface area contributed by atoms with E-state index in [1.165, 1.54) is 70.5 Å². The van der Waals surface area contributed by atoms with Gasteiger partial charge in [-0.1, -0.05) is 0 Å². The van der Waals surface area contributed by atoms with Gasteiger partial charge in [-0.15, -0.1) is 0 Å². The van der Waals surface area contributed by atoms with E-state index in [1.807, 2.05) is 6.08 Å². The summed E-state index contributed by atoms with van der Waals surface area (Å²) in [6.45, 7) is 13.3. The molecular formula is C27H50O4SiSn. The third-order valence-corrected chi connectivity index (χ3v) is 22.6. The predicted octanol–water partition coefficient (Wildman–Crippen LogP) is 7.39. The van der Waals surface area contributed by atoms with E-state index in [2.05, 4.69) is 58.0 Å². The van der Waals surface area contributed by atoms with Crippen LogP contribution in [0.15, 0.2) is 12.2 Å². The van der Waals surface area contributed by atoms with Gasteiger partial charge in [-0.25, -0.2) is 0 Å². The molecule has 0 aliphatic rings. The Morgan fingerprint density at radius 1 is 0.848 bits per heavy atom. The van der Waals surface area contributed by atoms with Crippen molar-refractivity contribution >= 4 is 38.4 Å². The molecule has 0 heterocycles. The van der Waals surface area contributed by atoms with Gasteiger partial charge in [-0.3, -0.25) is 0 Å². The molecule has 190 valence electrons. The number of methoxy groups -OCH3 is 2. The SMILES string of the molecule is CCC[CH2][Sn]([CH2]/C=C/CC(CC#C[Si](C)(C)C)(C(=O)OC)C(=O)OC)([CH2]CCC)[CH2]CCC. The van der Waals surface area contributed by atoms with Crippen molar-refractivity contribution in [2.24, 2.45) is 5.41 Å². The molecule has 0 aliphatic carbocycles. The second-order valence-electron chi connectivity index (χ2n) is 10.5. The summed E-state index contributed by atoms with van der Waals surface area (Å²) < 4.78 is 15.6. The summed E-state index contributed by atoms with van der Waals surface area (Å²) in [4.78, 5) is 25.6. The van der Waals surface area contributed by atoms with Crippen LogP contribution < -0.4 is 0 Å². The Balaban J connectivity index is 5.83. The number of allylic oxidation sites excluding steroid dienone is 2. The van der Waals surface area contributed by atoms with Crippen LogP contribution >= 0.6 is 0 Å². The number of ether oxygens (including phenoxy) is 2.